The fourth-order valence-electron chi connectivity index (χ4n) is 3.28. The number of halogens is 1. The molecule has 8 heteroatoms. The summed E-state index contributed by atoms with van der Waals surface area (Å²) < 4.78 is 11.3. The van der Waals surface area contributed by atoms with Crippen molar-refractivity contribution in [2.75, 3.05) is 12.0 Å². The molecular weight excluding hydrogens is 444 g/mol. The third-order valence-corrected chi connectivity index (χ3v) is 5.17. The second-order valence-electron chi connectivity index (χ2n) is 7.12. The summed E-state index contributed by atoms with van der Waals surface area (Å²) in [5, 5.41) is 2.65. The lowest BCUT2D eigenvalue weighted by Crippen LogP contribution is -2.54. The van der Waals surface area contributed by atoms with Gasteiger partial charge in [-0.3, -0.25) is 14.9 Å². The zero-order valence-electron chi connectivity index (χ0n) is 17.6. The number of benzene rings is 3. The summed E-state index contributed by atoms with van der Waals surface area (Å²) in [5.41, 5.74) is 1.64. The molecule has 7 nitrogen and oxygen atoms in total. The van der Waals surface area contributed by atoms with Gasteiger partial charge in [-0.05, 0) is 53.6 Å². The van der Waals surface area contributed by atoms with Crippen LogP contribution in [0.25, 0.3) is 6.08 Å². The molecule has 4 rings (SSSR count). The molecule has 1 heterocycles. The van der Waals surface area contributed by atoms with Gasteiger partial charge < -0.3 is 9.47 Å². The second kappa shape index (κ2) is 9.58. The molecule has 33 heavy (non-hydrogen) atoms. The number of imide groups is 2. The number of barbiturate groups is 1. The van der Waals surface area contributed by atoms with Crippen LogP contribution in [0.2, 0.25) is 5.02 Å². The highest BCUT2D eigenvalue weighted by Gasteiger charge is 2.36. The Kier molecular flexibility index (Phi) is 6.42. The Morgan fingerprint density at radius 2 is 1.67 bits per heavy atom. The molecule has 1 saturated heterocycles. The van der Waals surface area contributed by atoms with Gasteiger partial charge in [0.2, 0.25) is 0 Å². The molecule has 166 valence electrons. The summed E-state index contributed by atoms with van der Waals surface area (Å²) in [7, 11) is 1.50. The van der Waals surface area contributed by atoms with Gasteiger partial charge in [0, 0.05) is 5.02 Å². The van der Waals surface area contributed by atoms with E-state index in [9.17, 15) is 14.4 Å². The van der Waals surface area contributed by atoms with E-state index in [1.165, 1.54) is 25.3 Å². The Morgan fingerprint density at radius 3 is 2.36 bits per heavy atom. The van der Waals surface area contributed by atoms with Crippen molar-refractivity contribution in [3.05, 3.63) is 94.5 Å². The number of amides is 4. The lowest BCUT2D eigenvalue weighted by molar-refractivity contribution is -0.122. The Hall–Kier alpha value is -4.10. The lowest BCUT2D eigenvalue weighted by atomic mass is 10.1. The van der Waals surface area contributed by atoms with Crippen molar-refractivity contribution in [1.29, 1.82) is 0 Å². The highest BCUT2D eigenvalue weighted by molar-refractivity contribution is 6.39. The third kappa shape index (κ3) is 4.88. The molecular formula is C25H19ClN2O5. The van der Waals surface area contributed by atoms with Crippen LogP contribution in [0.5, 0.6) is 11.5 Å². The zero-order chi connectivity index (χ0) is 23.4. The van der Waals surface area contributed by atoms with E-state index in [-0.39, 0.29) is 5.57 Å². The molecule has 3 aromatic rings. The van der Waals surface area contributed by atoms with Crippen LogP contribution in [0, 0.1) is 0 Å². The van der Waals surface area contributed by atoms with Gasteiger partial charge in [0.1, 0.15) is 12.2 Å². The second-order valence-corrected chi connectivity index (χ2v) is 7.56. The Balaban J connectivity index is 1.60. The van der Waals surface area contributed by atoms with E-state index >= 15 is 0 Å². The van der Waals surface area contributed by atoms with E-state index in [1.807, 2.05) is 30.3 Å². The minimum absolute atomic E-state index is 0.190. The molecule has 0 bridgehead atoms. The van der Waals surface area contributed by atoms with Crippen LogP contribution < -0.4 is 19.7 Å². The molecule has 0 aliphatic carbocycles. The van der Waals surface area contributed by atoms with E-state index in [0.29, 0.717) is 34.4 Å². The Bertz CT molecular complexity index is 1240. The van der Waals surface area contributed by atoms with Gasteiger partial charge in [-0.25, -0.2) is 9.69 Å². The lowest BCUT2D eigenvalue weighted by Gasteiger charge is -2.26. The molecule has 1 aliphatic heterocycles. The van der Waals surface area contributed by atoms with Gasteiger partial charge >= 0.3 is 6.03 Å². The summed E-state index contributed by atoms with van der Waals surface area (Å²) in [4.78, 5) is 38.6. The molecule has 4 amide bonds. The molecule has 0 unspecified atom stereocenters. The van der Waals surface area contributed by atoms with Crippen molar-refractivity contribution in [3.8, 4) is 11.5 Å². The predicted octanol–water partition coefficient (Wildman–Crippen LogP) is 4.59. The molecule has 1 aliphatic rings. The first-order valence-electron chi connectivity index (χ1n) is 9.98. The molecule has 1 fully saturated rings. The van der Waals surface area contributed by atoms with Crippen molar-refractivity contribution < 1.29 is 23.9 Å². The number of nitrogens with one attached hydrogen (secondary N) is 1. The van der Waals surface area contributed by atoms with Gasteiger partial charge in [0.05, 0.1) is 12.8 Å². The number of urea groups is 1. The standard InChI is InChI=1S/C25H19ClN2O5/c1-32-22-14-17(7-12-21(22)33-15-16-5-3-2-4-6-16)13-20-23(29)27-25(31)28(24(20)30)19-10-8-18(26)9-11-19/h2-14H,15H2,1H3,(H,27,29,31)/b20-13-. The Morgan fingerprint density at radius 1 is 0.939 bits per heavy atom. The van der Waals surface area contributed by atoms with Crippen molar-refractivity contribution in [1.82, 2.24) is 5.32 Å². The number of ether oxygens (including phenoxy) is 2. The summed E-state index contributed by atoms with van der Waals surface area (Å²) in [5.74, 6) is -0.566. The quantitative estimate of drug-likeness (QED) is 0.427. The molecule has 3 aromatic carbocycles. The molecule has 0 atom stereocenters. The van der Waals surface area contributed by atoms with Gasteiger partial charge in [0.15, 0.2) is 11.5 Å². The van der Waals surface area contributed by atoms with E-state index in [0.717, 1.165) is 10.5 Å². The topological polar surface area (TPSA) is 84.9 Å². The average molecular weight is 463 g/mol. The van der Waals surface area contributed by atoms with Gasteiger partial charge in [-0.1, -0.05) is 48.0 Å². The summed E-state index contributed by atoms with van der Waals surface area (Å²) in [6.07, 6.45) is 1.40. The SMILES string of the molecule is COc1cc(/C=C2/C(=O)NC(=O)N(c3ccc(Cl)cc3)C2=O)ccc1OCc1ccccc1. The molecule has 0 radical (unpaired) electrons. The maximum Gasteiger partial charge on any atom is 0.335 e. The number of methoxy groups -OCH3 is 1. The smallest absolute Gasteiger partial charge is 0.335 e. The number of rotatable bonds is 6. The molecule has 0 saturated carbocycles. The van der Waals surface area contributed by atoms with Gasteiger partial charge in [0.25, 0.3) is 11.8 Å². The van der Waals surface area contributed by atoms with E-state index in [4.69, 9.17) is 21.1 Å². The third-order valence-electron chi connectivity index (χ3n) is 4.92. The highest BCUT2D eigenvalue weighted by Crippen LogP contribution is 2.30. The van der Waals surface area contributed by atoms with E-state index in [1.54, 1.807) is 30.3 Å². The minimum atomic E-state index is -0.827. The zero-order valence-corrected chi connectivity index (χ0v) is 18.3. The maximum atomic E-state index is 13.0. The van der Waals surface area contributed by atoms with Gasteiger partial charge in [-0.15, -0.1) is 0 Å². The first-order valence-corrected chi connectivity index (χ1v) is 10.4. The predicted molar refractivity (Wildman–Crippen MR) is 124 cm³/mol. The first kappa shape index (κ1) is 22.1. The average Bonchev–Trinajstić information content (AvgIpc) is 2.82. The number of carbonyl (C=O) groups excluding carboxylic acids is 3. The largest absolute Gasteiger partial charge is 0.493 e. The van der Waals surface area contributed by atoms with Crippen LogP contribution in [-0.4, -0.2) is 25.0 Å². The molecule has 0 aromatic heterocycles. The van der Waals surface area contributed by atoms with E-state index in [2.05, 4.69) is 5.32 Å². The first-order chi connectivity index (χ1) is 16.0. The molecule has 0 spiro atoms. The van der Waals surface area contributed by atoms with Crippen LogP contribution in [-0.2, 0) is 16.2 Å². The summed E-state index contributed by atoms with van der Waals surface area (Å²) in [6, 6.07) is 20.0. The van der Waals surface area contributed by atoms with Gasteiger partial charge in [-0.2, -0.15) is 0 Å². The fraction of sp³-hybridized carbons (Fsp3) is 0.0800. The van der Waals surface area contributed by atoms with Crippen LogP contribution >= 0.6 is 11.6 Å². The fourth-order valence-corrected chi connectivity index (χ4v) is 3.40. The van der Waals surface area contributed by atoms with Crippen molar-refractivity contribution in [2.45, 2.75) is 6.61 Å². The number of nitrogens with zero attached hydrogens (tertiary/aromatic N) is 1. The maximum absolute atomic E-state index is 13.0. The monoisotopic (exact) mass is 462 g/mol. The Labute approximate surface area is 195 Å². The highest BCUT2D eigenvalue weighted by atomic mass is 35.5. The number of hydrogen-bond donors (Lipinski definition) is 1. The number of carbonyl (C=O) groups is 3. The normalized spacial score (nSPS) is 14.9. The summed E-state index contributed by atoms with van der Waals surface area (Å²) >= 11 is 5.89. The summed E-state index contributed by atoms with van der Waals surface area (Å²) in [6.45, 7) is 0.358. The van der Waals surface area contributed by atoms with Crippen molar-refractivity contribution in [2.24, 2.45) is 0 Å². The van der Waals surface area contributed by atoms with E-state index < -0.39 is 17.8 Å². The van der Waals surface area contributed by atoms with Crippen LogP contribution in [0.1, 0.15) is 11.1 Å². The molecule has 1 N–H and O–H groups in total. The minimum Gasteiger partial charge on any atom is -0.493 e. The van der Waals surface area contributed by atoms with Crippen molar-refractivity contribution in [3.63, 3.8) is 0 Å². The van der Waals surface area contributed by atoms with Crippen LogP contribution in [0.3, 0.4) is 0 Å². The van der Waals surface area contributed by atoms with Crippen LogP contribution in [0.4, 0.5) is 10.5 Å². The number of anilines is 1. The van der Waals surface area contributed by atoms with Crippen molar-refractivity contribution >= 4 is 41.2 Å². The number of hydrogen-bond acceptors (Lipinski definition) is 5. The van der Waals surface area contributed by atoms with Crippen LogP contribution in [0.15, 0.2) is 78.4 Å².